The van der Waals surface area contributed by atoms with Gasteiger partial charge in [0.1, 0.15) is 11.5 Å². The van der Waals surface area contributed by atoms with Crippen LogP contribution in [-0.4, -0.2) is 66.8 Å². The number of carbonyl (C=O) groups excluding carboxylic acids is 1. The molecule has 11 heteroatoms. The molecule has 45 heavy (non-hydrogen) atoms. The van der Waals surface area contributed by atoms with Gasteiger partial charge in [0.05, 0.1) is 12.1 Å². The normalized spacial score (nSPS) is 13.7. The van der Waals surface area contributed by atoms with Crippen LogP contribution in [0.3, 0.4) is 0 Å². The molecule has 2 aromatic heterocycles. The van der Waals surface area contributed by atoms with E-state index in [1.165, 1.54) is 57.7 Å². The maximum atomic E-state index is 12.7. The van der Waals surface area contributed by atoms with E-state index in [-0.39, 0.29) is 18.0 Å². The number of benzene rings is 3. The molecule has 5 aromatic rings. The van der Waals surface area contributed by atoms with Crippen molar-refractivity contribution in [1.82, 2.24) is 9.47 Å². The summed E-state index contributed by atoms with van der Waals surface area (Å²) in [5, 5.41) is 4.32. The SMILES string of the molecule is C[N+](=O)c1ccc(OC(=O)OCn2c(=O)ccc3ccc(OCCCCN4CCN(c5cccc6sccc56)CC4)cc32)cc1. The predicted octanol–water partition coefficient (Wildman–Crippen LogP) is 6.41. The topological polar surface area (TPSA) is 93.3 Å². The molecule has 0 spiro atoms. The van der Waals surface area contributed by atoms with E-state index in [1.807, 2.05) is 12.1 Å². The summed E-state index contributed by atoms with van der Waals surface area (Å²) >= 11 is 1.79. The number of unbranched alkanes of at least 4 members (excludes halogenated alkanes) is 1. The number of ether oxygens (including phenoxy) is 3. The van der Waals surface area contributed by atoms with E-state index >= 15 is 0 Å². The van der Waals surface area contributed by atoms with Crippen LogP contribution in [0.4, 0.5) is 16.2 Å². The first-order valence-corrected chi connectivity index (χ1v) is 15.9. The molecule has 6 rings (SSSR count). The van der Waals surface area contributed by atoms with Gasteiger partial charge in [-0.15, -0.1) is 11.3 Å². The second-order valence-electron chi connectivity index (χ2n) is 10.9. The molecule has 0 amide bonds. The van der Waals surface area contributed by atoms with Crippen LogP contribution in [0.5, 0.6) is 11.5 Å². The van der Waals surface area contributed by atoms with Crippen LogP contribution in [-0.2, 0) is 11.5 Å². The fraction of sp³-hybridized carbons (Fsp3) is 0.294. The van der Waals surface area contributed by atoms with E-state index in [9.17, 15) is 14.5 Å². The van der Waals surface area contributed by atoms with E-state index in [4.69, 9.17) is 14.2 Å². The number of aromatic nitrogens is 1. The quantitative estimate of drug-likeness (QED) is 0.0718. The van der Waals surface area contributed by atoms with E-state index in [0.717, 1.165) is 51.0 Å². The Bertz CT molecular complexity index is 1860. The van der Waals surface area contributed by atoms with Crippen LogP contribution in [0.25, 0.3) is 21.0 Å². The second kappa shape index (κ2) is 13.9. The number of hydrogen-bond acceptors (Lipinski definition) is 9. The van der Waals surface area contributed by atoms with Gasteiger partial charge < -0.3 is 19.1 Å². The van der Waals surface area contributed by atoms with Crippen LogP contribution in [0, 0.1) is 4.91 Å². The Morgan fingerprint density at radius 3 is 2.49 bits per heavy atom. The van der Waals surface area contributed by atoms with Crippen molar-refractivity contribution in [3.8, 4) is 11.5 Å². The molecule has 0 bridgehead atoms. The number of fused-ring (bicyclic) bond motifs is 2. The first-order chi connectivity index (χ1) is 21.9. The van der Waals surface area contributed by atoms with E-state index in [2.05, 4.69) is 39.4 Å². The molecule has 0 unspecified atom stereocenters. The minimum absolute atomic E-state index is 0.223. The van der Waals surface area contributed by atoms with E-state index in [1.54, 1.807) is 23.5 Å². The fourth-order valence-electron chi connectivity index (χ4n) is 5.55. The molecule has 0 atom stereocenters. The molecule has 0 saturated carbocycles. The summed E-state index contributed by atoms with van der Waals surface area (Å²) in [5.41, 5.74) is 2.04. The summed E-state index contributed by atoms with van der Waals surface area (Å²) in [5.74, 6) is 0.866. The number of piperazine rings is 1. The maximum absolute atomic E-state index is 12.7. The van der Waals surface area contributed by atoms with Gasteiger partial charge in [-0.1, -0.05) is 6.07 Å². The lowest BCUT2D eigenvalue weighted by Gasteiger charge is -2.36. The third-order valence-corrected chi connectivity index (χ3v) is 8.88. The monoisotopic (exact) mass is 627 g/mol. The van der Waals surface area contributed by atoms with E-state index in [0.29, 0.717) is 28.3 Å². The van der Waals surface area contributed by atoms with Crippen LogP contribution < -0.4 is 19.9 Å². The number of rotatable bonds is 11. The molecule has 3 aromatic carbocycles. The molecular formula is C34H35N4O6S+. The molecule has 10 nitrogen and oxygen atoms in total. The highest BCUT2D eigenvalue weighted by Gasteiger charge is 2.19. The zero-order valence-electron chi connectivity index (χ0n) is 25.1. The molecular weight excluding hydrogens is 592 g/mol. The predicted molar refractivity (Wildman–Crippen MR) is 176 cm³/mol. The average molecular weight is 628 g/mol. The lowest BCUT2D eigenvalue weighted by molar-refractivity contribution is -0.428. The number of pyridine rings is 1. The highest BCUT2D eigenvalue weighted by molar-refractivity contribution is 7.17. The van der Waals surface area contributed by atoms with Gasteiger partial charge in [0, 0.05) is 75.9 Å². The lowest BCUT2D eigenvalue weighted by atomic mass is 10.2. The first-order valence-electron chi connectivity index (χ1n) is 15.0. The summed E-state index contributed by atoms with van der Waals surface area (Å²) in [6.07, 6.45) is 0.982. The minimum atomic E-state index is -0.962. The Kier molecular flexibility index (Phi) is 9.37. The smallest absolute Gasteiger partial charge is 0.494 e. The Hall–Kier alpha value is -4.74. The number of thiophene rings is 1. The maximum Gasteiger partial charge on any atom is 0.515 e. The second-order valence-corrected chi connectivity index (χ2v) is 11.9. The fourth-order valence-corrected chi connectivity index (χ4v) is 6.36. The molecule has 1 aliphatic rings. The van der Waals surface area contributed by atoms with Gasteiger partial charge in [-0.25, -0.2) is 4.79 Å². The minimum Gasteiger partial charge on any atom is -0.494 e. The third-order valence-electron chi connectivity index (χ3n) is 8.00. The van der Waals surface area contributed by atoms with Crippen molar-refractivity contribution in [2.75, 3.05) is 51.3 Å². The largest absolute Gasteiger partial charge is 0.515 e. The Morgan fingerprint density at radius 1 is 0.911 bits per heavy atom. The van der Waals surface area contributed by atoms with Gasteiger partial charge in [-0.05, 0) is 78.7 Å². The molecule has 1 saturated heterocycles. The summed E-state index contributed by atoms with van der Waals surface area (Å²) < 4.78 is 19.8. The average Bonchev–Trinajstić information content (AvgIpc) is 3.54. The lowest BCUT2D eigenvalue weighted by Crippen LogP contribution is -2.46. The number of anilines is 1. The Morgan fingerprint density at radius 2 is 1.69 bits per heavy atom. The molecule has 1 fully saturated rings. The summed E-state index contributed by atoms with van der Waals surface area (Å²) in [6.45, 7) is 5.42. The van der Waals surface area contributed by atoms with Gasteiger partial charge in [0.15, 0.2) is 13.8 Å². The summed E-state index contributed by atoms with van der Waals surface area (Å²) in [4.78, 5) is 41.3. The van der Waals surface area contributed by atoms with Gasteiger partial charge in [0.25, 0.3) is 11.2 Å². The zero-order chi connectivity index (χ0) is 31.2. The van der Waals surface area contributed by atoms with Crippen molar-refractivity contribution < 1.29 is 23.8 Å². The number of nitroso groups, excluding NO2 is 1. The van der Waals surface area contributed by atoms with Crippen molar-refractivity contribution in [2.45, 2.75) is 19.6 Å². The standard InChI is InChI=1S/C34H35N4O6S/c1-35(41)26-9-12-27(13-10-26)44-34(40)43-24-38-31-23-28(11-7-25(31)8-14-33(38)39)42-21-3-2-16-36-17-19-37(20-18-36)30-5-4-6-32-29(30)15-22-45-32/h4-15,22-23H,2-3,16-21,24H2,1H3/q+1. The van der Waals surface area contributed by atoms with Crippen LogP contribution >= 0.6 is 11.3 Å². The summed E-state index contributed by atoms with van der Waals surface area (Å²) in [7, 11) is 1.37. The molecule has 0 radical (unpaired) electrons. The van der Waals surface area contributed by atoms with Crippen molar-refractivity contribution >= 4 is 49.9 Å². The first kappa shape index (κ1) is 30.3. The molecule has 232 valence electrons. The Labute approximate surface area is 264 Å². The number of hydrogen-bond donors (Lipinski definition) is 0. The highest BCUT2D eigenvalue weighted by Crippen LogP contribution is 2.31. The molecule has 1 aliphatic heterocycles. The number of nitrogens with zero attached hydrogens (tertiary/aromatic N) is 4. The highest BCUT2D eigenvalue weighted by atomic mass is 32.1. The molecule has 0 aliphatic carbocycles. The summed E-state index contributed by atoms with van der Waals surface area (Å²) in [6, 6.07) is 23.5. The molecule has 0 N–H and O–H groups in total. The van der Waals surface area contributed by atoms with Gasteiger partial charge in [0.2, 0.25) is 0 Å². The van der Waals surface area contributed by atoms with Crippen LogP contribution in [0.1, 0.15) is 12.8 Å². The van der Waals surface area contributed by atoms with Crippen molar-refractivity contribution in [3.05, 3.63) is 99.5 Å². The third kappa shape index (κ3) is 7.33. The zero-order valence-corrected chi connectivity index (χ0v) is 25.9. The van der Waals surface area contributed by atoms with Gasteiger partial charge in [-0.3, -0.25) is 14.3 Å². The van der Waals surface area contributed by atoms with Crippen molar-refractivity contribution in [1.29, 1.82) is 0 Å². The van der Waals surface area contributed by atoms with E-state index < -0.39 is 6.16 Å². The Balaban J connectivity index is 0.967. The van der Waals surface area contributed by atoms with Crippen LogP contribution in [0.2, 0.25) is 0 Å². The van der Waals surface area contributed by atoms with Crippen molar-refractivity contribution in [2.24, 2.45) is 0 Å². The molecule has 3 heterocycles. The van der Waals surface area contributed by atoms with Crippen molar-refractivity contribution in [3.63, 3.8) is 0 Å². The van der Waals surface area contributed by atoms with Gasteiger partial charge in [-0.2, -0.15) is 0 Å². The van der Waals surface area contributed by atoms with Crippen LogP contribution in [0.15, 0.2) is 89.0 Å². The number of carbonyl (C=O) groups is 1. The van der Waals surface area contributed by atoms with Gasteiger partial charge >= 0.3 is 6.16 Å².